The second kappa shape index (κ2) is 4.93. The summed E-state index contributed by atoms with van der Waals surface area (Å²) in [6, 6.07) is 11.0. The van der Waals surface area contributed by atoms with Crippen molar-refractivity contribution in [3.8, 4) is 0 Å². The third-order valence-electron chi connectivity index (χ3n) is 4.42. The second-order valence-electron chi connectivity index (χ2n) is 5.54. The van der Waals surface area contributed by atoms with Crippen LogP contribution in [0.3, 0.4) is 0 Å². The Morgan fingerprint density at radius 2 is 1.38 bits per heavy atom. The molecular weight excluding hydrogens is 264 g/mol. The lowest BCUT2D eigenvalue weighted by Gasteiger charge is -2.24. The molecule has 0 unspecified atom stereocenters. The first kappa shape index (κ1) is 13.7. The van der Waals surface area contributed by atoms with Crippen molar-refractivity contribution in [2.24, 2.45) is 0 Å². The van der Waals surface area contributed by atoms with Crippen molar-refractivity contribution in [2.45, 2.75) is 25.7 Å². The molecule has 0 radical (unpaired) electrons. The van der Waals surface area contributed by atoms with Gasteiger partial charge in [-0.1, -0.05) is 30.3 Å². The normalized spacial score (nSPS) is 15.6. The fourth-order valence-corrected chi connectivity index (χ4v) is 3.44. The van der Waals surface area contributed by atoms with E-state index in [9.17, 15) is 9.59 Å². The topological polar surface area (TPSA) is 65.6 Å². The third-order valence-corrected chi connectivity index (χ3v) is 4.42. The molecule has 3 heteroatoms. The van der Waals surface area contributed by atoms with Crippen LogP contribution in [0.25, 0.3) is 0 Å². The number of hydrogen-bond acceptors (Lipinski definition) is 2. The molecule has 2 N–H and O–H groups in total. The molecular formula is C18H16O3. The SMILES string of the molecule is O.O=C1c2ccccc2C(=O)c2c1ccc1c2CCCC1. The molecule has 4 rings (SSSR count). The Hall–Kier alpha value is -2.26. The number of carbonyl (C=O) groups is 2. The van der Waals surface area contributed by atoms with Crippen LogP contribution >= 0.6 is 0 Å². The monoisotopic (exact) mass is 280 g/mol. The highest BCUT2D eigenvalue weighted by Crippen LogP contribution is 2.34. The van der Waals surface area contributed by atoms with Gasteiger partial charge < -0.3 is 5.48 Å². The van der Waals surface area contributed by atoms with Crippen molar-refractivity contribution in [1.29, 1.82) is 0 Å². The van der Waals surface area contributed by atoms with E-state index in [1.54, 1.807) is 12.1 Å². The third kappa shape index (κ3) is 1.85. The zero-order chi connectivity index (χ0) is 13.7. The molecule has 0 fully saturated rings. The molecule has 2 aromatic carbocycles. The first-order chi connectivity index (χ1) is 9.77. The maximum atomic E-state index is 12.8. The van der Waals surface area contributed by atoms with Crippen LogP contribution in [-0.2, 0) is 12.8 Å². The van der Waals surface area contributed by atoms with E-state index in [0.29, 0.717) is 22.3 Å². The molecule has 0 atom stereocenters. The lowest BCUT2D eigenvalue weighted by molar-refractivity contribution is 0.0978. The van der Waals surface area contributed by atoms with Gasteiger partial charge in [0, 0.05) is 22.3 Å². The molecule has 2 aromatic rings. The van der Waals surface area contributed by atoms with Crippen LogP contribution in [0.5, 0.6) is 0 Å². The van der Waals surface area contributed by atoms with Crippen LogP contribution in [0.1, 0.15) is 55.8 Å². The minimum absolute atomic E-state index is 0. The Morgan fingerprint density at radius 1 is 0.714 bits per heavy atom. The van der Waals surface area contributed by atoms with Gasteiger partial charge in [-0.3, -0.25) is 9.59 Å². The zero-order valence-corrected chi connectivity index (χ0v) is 11.6. The van der Waals surface area contributed by atoms with Crippen molar-refractivity contribution >= 4 is 11.6 Å². The summed E-state index contributed by atoms with van der Waals surface area (Å²) in [6.07, 6.45) is 4.21. The lowest BCUT2D eigenvalue weighted by Crippen LogP contribution is -2.24. The lowest BCUT2D eigenvalue weighted by atomic mass is 9.77. The quantitative estimate of drug-likeness (QED) is 0.635. The van der Waals surface area contributed by atoms with Gasteiger partial charge in [-0.05, 0) is 42.9 Å². The van der Waals surface area contributed by atoms with Crippen LogP contribution < -0.4 is 0 Å². The fraction of sp³-hybridized carbons (Fsp3) is 0.222. The molecule has 0 amide bonds. The summed E-state index contributed by atoms with van der Waals surface area (Å²) in [5.41, 5.74) is 4.72. The number of fused-ring (bicyclic) bond motifs is 4. The van der Waals surface area contributed by atoms with Crippen molar-refractivity contribution < 1.29 is 15.1 Å². The summed E-state index contributed by atoms with van der Waals surface area (Å²) in [5, 5.41) is 0. The molecule has 0 saturated carbocycles. The molecule has 2 aliphatic rings. The van der Waals surface area contributed by atoms with Crippen LogP contribution in [0, 0.1) is 0 Å². The number of benzene rings is 2. The minimum Gasteiger partial charge on any atom is -0.412 e. The van der Waals surface area contributed by atoms with Gasteiger partial charge in [-0.25, -0.2) is 0 Å². The molecule has 0 bridgehead atoms. The summed E-state index contributed by atoms with van der Waals surface area (Å²) in [4.78, 5) is 25.4. The largest absolute Gasteiger partial charge is 0.412 e. The van der Waals surface area contributed by atoms with E-state index in [4.69, 9.17) is 0 Å². The van der Waals surface area contributed by atoms with E-state index in [2.05, 4.69) is 0 Å². The van der Waals surface area contributed by atoms with Gasteiger partial charge in [0.05, 0.1) is 0 Å². The van der Waals surface area contributed by atoms with Crippen molar-refractivity contribution in [1.82, 2.24) is 0 Å². The summed E-state index contributed by atoms with van der Waals surface area (Å²) in [6.45, 7) is 0. The molecule has 106 valence electrons. The molecule has 0 heterocycles. The number of carbonyl (C=O) groups excluding carboxylic acids is 2. The highest BCUT2D eigenvalue weighted by molar-refractivity contribution is 6.29. The summed E-state index contributed by atoms with van der Waals surface area (Å²) >= 11 is 0. The van der Waals surface area contributed by atoms with Gasteiger partial charge in [-0.15, -0.1) is 0 Å². The van der Waals surface area contributed by atoms with E-state index in [1.807, 2.05) is 24.3 Å². The first-order valence-corrected chi connectivity index (χ1v) is 7.10. The van der Waals surface area contributed by atoms with E-state index in [0.717, 1.165) is 24.8 Å². The molecule has 0 saturated heterocycles. The molecule has 21 heavy (non-hydrogen) atoms. The van der Waals surface area contributed by atoms with E-state index < -0.39 is 0 Å². The second-order valence-corrected chi connectivity index (χ2v) is 5.54. The highest BCUT2D eigenvalue weighted by Gasteiger charge is 2.32. The number of hydrogen-bond donors (Lipinski definition) is 0. The van der Waals surface area contributed by atoms with Crippen LogP contribution in [-0.4, -0.2) is 17.0 Å². The molecule has 2 aliphatic carbocycles. The van der Waals surface area contributed by atoms with Gasteiger partial charge in [0.1, 0.15) is 0 Å². The highest BCUT2D eigenvalue weighted by atomic mass is 16.1. The number of rotatable bonds is 0. The maximum Gasteiger partial charge on any atom is 0.194 e. The average Bonchev–Trinajstić information content (AvgIpc) is 2.51. The van der Waals surface area contributed by atoms with Crippen molar-refractivity contribution in [3.63, 3.8) is 0 Å². The first-order valence-electron chi connectivity index (χ1n) is 7.10. The van der Waals surface area contributed by atoms with E-state index >= 15 is 0 Å². The van der Waals surface area contributed by atoms with Gasteiger partial charge in [0.25, 0.3) is 0 Å². The predicted octanol–water partition coefficient (Wildman–Crippen LogP) is 2.52. The van der Waals surface area contributed by atoms with Gasteiger partial charge >= 0.3 is 0 Å². The van der Waals surface area contributed by atoms with E-state index in [-0.39, 0.29) is 17.0 Å². The van der Waals surface area contributed by atoms with Crippen molar-refractivity contribution in [2.75, 3.05) is 0 Å². The van der Waals surface area contributed by atoms with Gasteiger partial charge in [0.15, 0.2) is 11.6 Å². The number of ketones is 2. The predicted molar refractivity (Wildman–Crippen MR) is 80.0 cm³/mol. The Bertz CT molecular complexity index is 759. The van der Waals surface area contributed by atoms with Crippen LogP contribution in [0.15, 0.2) is 36.4 Å². The summed E-state index contributed by atoms with van der Waals surface area (Å²) in [7, 11) is 0. The molecule has 0 aliphatic heterocycles. The van der Waals surface area contributed by atoms with Crippen LogP contribution in [0.2, 0.25) is 0 Å². The Balaban J connectivity index is 0.00000132. The minimum atomic E-state index is -0.0106. The Morgan fingerprint density at radius 3 is 2.14 bits per heavy atom. The maximum absolute atomic E-state index is 12.8. The smallest absolute Gasteiger partial charge is 0.194 e. The van der Waals surface area contributed by atoms with Crippen LogP contribution in [0.4, 0.5) is 0 Å². The van der Waals surface area contributed by atoms with Gasteiger partial charge in [-0.2, -0.15) is 0 Å². The molecule has 0 spiro atoms. The Kier molecular flexibility index (Phi) is 3.22. The summed E-state index contributed by atoms with van der Waals surface area (Å²) in [5.74, 6) is 0.0116. The Labute approximate surface area is 122 Å². The van der Waals surface area contributed by atoms with E-state index in [1.165, 1.54) is 12.0 Å². The van der Waals surface area contributed by atoms with Crippen molar-refractivity contribution in [3.05, 3.63) is 69.8 Å². The van der Waals surface area contributed by atoms with Gasteiger partial charge in [0.2, 0.25) is 0 Å². The average molecular weight is 280 g/mol. The zero-order valence-electron chi connectivity index (χ0n) is 11.6. The number of aryl methyl sites for hydroxylation is 1. The molecule has 0 aromatic heterocycles. The fourth-order valence-electron chi connectivity index (χ4n) is 3.44. The molecule has 3 nitrogen and oxygen atoms in total. The summed E-state index contributed by atoms with van der Waals surface area (Å²) < 4.78 is 0. The standard InChI is InChI=1S/C18H14O2.H2O/c19-17-13-7-3-4-8-14(13)18(20)16-12-6-2-1-5-11(12)9-10-15(16)17;/h3-4,7-10H,1-2,5-6H2;1H2.